The van der Waals surface area contributed by atoms with Crippen LogP contribution in [0.3, 0.4) is 0 Å². The molecule has 2 atom stereocenters. The third-order valence-corrected chi connectivity index (χ3v) is 3.63. The molecule has 11 heavy (non-hydrogen) atoms. The Morgan fingerprint density at radius 2 is 1.82 bits per heavy atom. The lowest BCUT2D eigenvalue weighted by atomic mass is 10.1. The number of sulfone groups is 1. The van der Waals surface area contributed by atoms with E-state index >= 15 is 0 Å². The van der Waals surface area contributed by atoms with Crippen LogP contribution in [-0.2, 0) is 9.84 Å². The highest BCUT2D eigenvalue weighted by Gasteiger charge is 2.23. The lowest BCUT2D eigenvalue weighted by molar-refractivity contribution is 0.574. The summed E-state index contributed by atoms with van der Waals surface area (Å²) >= 11 is 0. The molecule has 66 valence electrons. The van der Waals surface area contributed by atoms with Crippen molar-refractivity contribution < 1.29 is 8.42 Å². The SMILES string of the molecule is C[C@H](C(=N)N)[C@H](C)S(C)(=O)=O. The molecule has 0 heterocycles. The highest BCUT2D eigenvalue weighted by Crippen LogP contribution is 2.10. The van der Waals surface area contributed by atoms with Gasteiger partial charge in [-0.1, -0.05) is 6.92 Å². The predicted octanol–water partition coefficient (Wildman–Crippen LogP) is -0.00843. The van der Waals surface area contributed by atoms with Crippen molar-refractivity contribution in [2.45, 2.75) is 19.1 Å². The molecule has 0 bridgehead atoms. The molecule has 0 aromatic carbocycles. The molecule has 0 saturated heterocycles. The second-order valence-electron chi connectivity index (χ2n) is 2.78. The second kappa shape index (κ2) is 3.21. The molecule has 5 heteroatoms. The van der Waals surface area contributed by atoms with Crippen molar-refractivity contribution in [1.82, 2.24) is 0 Å². The molecule has 0 aromatic heterocycles. The zero-order chi connectivity index (χ0) is 9.23. The van der Waals surface area contributed by atoms with E-state index in [0.717, 1.165) is 6.26 Å². The minimum atomic E-state index is -3.07. The lowest BCUT2D eigenvalue weighted by Gasteiger charge is -2.15. The van der Waals surface area contributed by atoms with Crippen molar-refractivity contribution in [2.75, 3.05) is 6.26 Å². The number of nitrogens with one attached hydrogen (secondary N) is 1. The van der Waals surface area contributed by atoms with Gasteiger partial charge in [0.2, 0.25) is 0 Å². The largest absolute Gasteiger partial charge is 0.387 e. The smallest absolute Gasteiger partial charge is 0.150 e. The molecule has 0 radical (unpaired) electrons. The summed E-state index contributed by atoms with van der Waals surface area (Å²) in [5, 5.41) is 6.45. The fourth-order valence-corrected chi connectivity index (χ4v) is 1.51. The van der Waals surface area contributed by atoms with Gasteiger partial charge in [0.1, 0.15) is 0 Å². The number of hydrogen-bond donors (Lipinski definition) is 2. The Hall–Kier alpha value is -0.580. The molecule has 0 unspecified atom stereocenters. The number of nitrogens with two attached hydrogens (primary N) is 1. The fourth-order valence-electron chi connectivity index (χ4n) is 0.624. The Bertz CT molecular complexity index is 245. The van der Waals surface area contributed by atoms with E-state index in [2.05, 4.69) is 0 Å². The molecule has 0 aromatic rings. The lowest BCUT2D eigenvalue weighted by Crippen LogP contribution is -2.33. The average Bonchev–Trinajstić information content (AvgIpc) is 1.82. The monoisotopic (exact) mass is 178 g/mol. The van der Waals surface area contributed by atoms with Gasteiger partial charge in [-0.2, -0.15) is 0 Å². The number of amidine groups is 1. The van der Waals surface area contributed by atoms with Crippen molar-refractivity contribution in [1.29, 1.82) is 5.41 Å². The molecule has 0 aliphatic heterocycles. The minimum absolute atomic E-state index is 0.0806. The van der Waals surface area contributed by atoms with Crippen LogP contribution in [0.15, 0.2) is 0 Å². The normalized spacial score (nSPS) is 17.4. The Morgan fingerprint density at radius 1 is 1.45 bits per heavy atom. The maximum absolute atomic E-state index is 10.9. The summed E-state index contributed by atoms with van der Waals surface area (Å²) < 4.78 is 21.8. The summed E-state index contributed by atoms with van der Waals surface area (Å²) in [5.41, 5.74) is 5.15. The molecular weight excluding hydrogens is 164 g/mol. The van der Waals surface area contributed by atoms with Gasteiger partial charge in [-0.25, -0.2) is 8.42 Å². The van der Waals surface area contributed by atoms with Gasteiger partial charge >= 0.3 is 0 Å². The summed E-state index contributed by atoms with van der Waals surface area (Å²) in [6.45, 7) is 3.19. The van der Waals surface area contributed by atoms with Crippen molar-refractivity contribution in [2.24, 2.45) is 11.7 Å². The third kappa shape index (κ3) is 2.88. The zero-order valence-corrected chi connectivity index (χ0v) is 7.77. The summed E-state index contributed by atoms with van der Waals surface area (Å²) in [7, 11) is -3.07. The van der Waals surface area contributed by atoms with Crippen LogP contribution in [0.5, 0.6) is 0 Å². The van der Waals surface area contributed by atoms with E-state index in [-0.39, 0.29) is 5.84 Å². The van der Waals surface area contributed by atoms with Crippen molar-refractivity contribution in [3.63, 3.8) is 0 Å². The molecule has 0 aliphatic rings. The Kier molecular flexibility index (Phi) is 3.04. The van der Waals surface area contributed by atoms with Crippen LogP contribution >= 0.6 is 0 Å². The Labute approximate surface area is 67.2 Å². The molecule has 0 amide bonds. The van der Waals surface area contributed by atoms with Gasteiger partial charge in [-0.3, -0.25) is 5.41 Å². The molecule has 4 nitrogen and oxygen atoms in total. The minimum Gasteiger partial charge on any atom is -0.387 e. The van der Waals surface area contributed by atoms with Gasteiger partial charge in [0.05, 0.1) is 11.1 Å². The highest BCUT2D eigenvalue weighted by molar-refractivity contribution is 7.91. The first kappa shape index (κ1) is 10.4. The van der Waals surface area contributed by atoms with E-state index in [0.29, 0.717) is 0 Å². The Morgan fingerprint density at radius 3 is 1.91 bits per heavy atom. The molecule has 0 saturated carbocycles. The second-order valence-corrected chi connectivity index (χ2v) is 5.18. The third-order valence-electron chi connectivity index (χ3n) is 1.87. The Balaban J connectivity index is 4.51. The molecule has 0 rings (SSSR count). The molecule has 0 spiro atoms. The first-order valence-electron chi connectivity index (χ1n) is 3.29. The maximum atomic E-state index is 10.9. The van der Waals surface area contributed by atoms with E-state index in [1.54, 1.807) is 13.8 Å². The van der Waals surface area contributed by atoms with Gasteiger partial charge < -0.3 is 5.73 Å². The van der Waals surface area contributed by atoms with Crippen LogP contribution in [0, 0.1) is 11.3 Å². The van der Waals surface area contributed by atoms with Gasteiger partial charge in [0.15, 0.2) is 9.84 Å². The summed E-state index contributed by atoms with van der Waals surface area (Å²) in [4.78, 5) is 0. The number of hydrogen-bond acceptors (Lipinski definition) is 3. The molecular formula is C6H14N2O2S. The van der Waals surface area contributed by atoms with Crippen LogP contribution in [-0.4, -0.2) is 25.8 Å². The highest BCUT2D eigenvalue weighted by atomic mass is 32.2. The number of rotatable bonds is 3. The zero-order valence-electron chi connectivity index (χ0n) is 6.96. The first-order chi connectivity index (χ1) is 4.76. The van der Waals surface area contributed by atoms with Crippen LogP contribution in [0.2, 0.25) is 0 Å². The van der Waals surface area contributed by atoms with Crippen LogP contribution in [0.25, 0.3) is 0 Å². The summed E-state index contributed by atoms with van der Waals surface area (Å²) in [6.07, 6.45) is 1.15. The van der Waals surface area contributed by atoms with Crippen molar-refractivity contribution in [3.8, 4) is 0 Å². The molecule has 0 fully saturated rings. The van der Waals surface area contributed by atoms with Gasteiger partial charge in [-0.15, -0.1) is 0 Å². The summed E-state index contributed by atoms with van der Waals surface area (Å²) in [6, 6.07) is 0. The van der Waals surface area contributed by atoms with Crippen LogP contribution in [0.4, 0.5) is 0 Å². The van der Waals surface area contributed by atoms with E-state index in [4.69, 9.17) is 11.1 Å². The standard InChI is InChI=1S/C6H14N2O2S/c1-4(6(7)8)5(2)11(3,9)10/h4-5H,1-3H3,(H3,7,8)/t4-,5-/m0/s1. The quantitative estimate of drug-likeness (QED) is 0.471. The average molecular weight is 178 g/mol. The van der Waals surface area contributed by atoms with Crippen LogP contribution in [0.1, 0.15) is 13.8 Å². The van der Waals surface area contributed by atoms with Crippen molar-refractivity contribution in [3.05, 3.63) is 0 Å². The fraction of sp³-hybridized carbons (Fsp3) is 0.833. The van der Waals surface area contributed by atoms with E-state index in [1.165, 1.54) is 0 Å². The first-order valence-corrected chi connectivity index (χ1v) is 5.25. The summed E-state index contributed by atoms with van der Waals surface area (Å²) in [5.74, 6) is -0.479. The van der Waals surface area contributed by atoms with E-state index in [1.807, 2.05) is 0 Å². The topological polar surface area (TPSA) is 84.0 Å². The van der Waals surface area contributed by atoms with Crippen LogP contribution < -0.4 is 5.73 Å². The predicted molar refractivity (Wildman–Crippen MR) is 45.4 cm³/mol. The van der Waals surface area contributed by atoms with E-state index in [9.17, 15) is 8.42 Å². The molecule has 0 aliphatic carbocycles. The van der Waals surface area contributed by atoms with Crippen molar-refractivity contribution >= 4 is 15.7 Å². The van der Waals surface area contributed by atoms with Gasteiger partial charge in [0, 0.05) is 12.2 Å². The maximum Gasteiger partial charge on any atom is 0.150 e. The van der Waals surface area contributed by atoms with E-state index < -0.39 is 21.0 Å². The van der Waals surface area contributed by atoms with Gasteiger partial charge in [0.25, 0.3) is 0 Å². The molecule has 3 N–H and O–H groups in total. The van der Waals surface area contributed by atoms with Gasteiger partial charge in [-0.05, 0) is 6.92 Å².